The molecule has 1 aliphatic rings. The van der Waals surface area contributed by atoms with Gasteiger partial charge in [-0.3, -0.25) is 28.0 Å². The molecule has 1 fully saturated rings. The molecule has 0 atom stereocenters. The van der Waals surface area contributed by atoms with Crippen molar-refractivity contribution >= 4 is 90.3 Å². The standard InChI is InChI=1S/C25H23FIN5O5S.Na/c1-13-21-20(22(30(2)23(13)33)28-19-10-7-14(27)11-18(19)26)24(34)32(16-8-9-16)25(35)31(21)17-6-4-5-15(12-17)29-38(3,36)37;/h4-7,10-12,16,28-29H,8-9H2,1-3H3;. The van der Waals surface area contributed by atoms with Crippen molar-refractivity contribution in [3.63, 3.8) is 0 Å². The van der Waals surface area contributed by atoms with Crippen LogP contribution in [0.2, 0.25) is 0 Å². The summed E-state index contributed by atoms with van der Waals surface area (Å²) < 4.78 is 45.1. The van der Waals surface area contributed by atoms with Gasteiger partial charge in [0, 0.05) is 51.8 Å². The first-order valence-corrected chi connectivity index (χ1v) is 14.6. The largest absolute Gasteiger partial charge is 0.338 e. The third kappa shape index (κ3) is 5.59. The number of rotatable bonds is 6. The zero-order valence-electron chi connectivity index (χ0n) is 21.6. The van der Waals surface area contributed by atoms with E-state index in [4.69, 9.17) is 0 Å². The summed E-state index contributed by atoms with van der Waals surface area (Å²) in [6.07, 6.45) is 2.27. The Morgan fingerprint density at radius 2 is 1.74 bits per heavy atom. The molecule has 4 aromatic rings. The molecule has 10 nitrogen and oxygen atoms in total. The van der Waals surface area contributed by atoms with Crippen LogP contribution in [-0.2, 0) is 17.1 Å². The van der Waals surface area contributed by atoms with E-state index in [1.165, 1.54) is 47.4 Å². The average molecular weight is 674 g/mol. The second kappa shape index (κ2) is 10.8. The van der Waals surface area contributed by atoms with E-state index in [0.29, 0.717) is 16.4 Å². The maximum Gasteiger partial charge on any atom is 0.336 e. The second-order valence-electron chi connectivity index (χ2n) is 9.26. The minimum absolute atomic E-state index is 0. The summed E-state index contributed by atoms with van der Waals surface area (Å²) in [7, 11) is -2.14. The number of anilines is 3. The Kier molecular flexibility index (Phi) is 8.21. The fourth-order valence-corrected chi connectivity index (χ4v) is 5.50. The second-order valence-corrected chi connectivity index (χ2v) is 12.3. The molecule has 199 valence electrons. The molecule has 1 aliphatic carbocycles. The number of hydrogen-bond acceptors (Lipinski definition) is 6. The minimum Gasteiger partial charge on any atom is -0.338 e. The maximum absolute atomic E-state index is 14.8. The van der Waals surface area contributed by atoms with Gasteiger partial charge < -0.3 is 5.32 Å². The SMILES string of the molecule is Cc1c(=O)n(C)c(Nc2ccc(I)cc2F)c2c(=O)n(C3CC3)c(=O)n(-c3cccc(NS(C)(=O)=O)c3)c12.[Na]. The molecule has 2 aromatic carbocycles. The van der Waals surface area contributed by atoms with Gasteiger partial charge in [0.05, 0.1) is 28.8 Å². The van der Waals surface area contributed by atoms with Crippen LogP contribution < -0.4 is 26.8 Å². The predicted molar refractivity (Wildman–Crippen MR) is 159 cm³/mol. The first-order valence-electron chi connectivity index (χ1n) is 11.6. The van der Waals surface area contributed by atoms with Crippen LogP contribution in [0.5, 0.6) is 0 Å². The summed E-state index contributed by atoms with van der Waals surface area (Å²) in [6.45, 7) is 1.51. The Balaban J connectivity index is 0.00000353. The van der Waals surface area contributed by atoms with Crippen LogP contribution in [0.1, 0.15) is 24.4 Å². The van der Waals surface area contributed by atoms with Crippen molar-refractivity contribution in [2.75, 3.05) is 16.3 Å². The molecular weight excluding hydrogens is 651 g/mol. The number of sulfonamides is 1. The zero-order chi connectivity index (χ0) is 27.5. The van der Waals surface area contributed by atoms with Gasteiger partial charge in [-0.25, -0.2) is 17.6 Å². The van der Waals surface area contributed by atoms with Crippen molar-refractivity contribution in [2.24, 2.45) is 7.05 Å². The summed E-state index contributed by atoms with van der Waals surface area (Å²) in [5, 5.41) is 2.95. The number of halogens is 2. The molecule has 0 saturated heterocycles. The van der Waals surface area contributed by atoms with Gasteiger partial charge >= 0.3 is 5.69 Å². The number of aryl methyl sites for hydroxylation is 1. The van der Waals surface area contributed by atoms with Gasteiger partial charge in [-0.2, -0.15) is 0 Å². The van der Waals surface area contributed by atoms with Crippen LogP contribution in [-0.4, -0.2) is 57.9 Å². The van der Waals surface area contributed by atoms with Crippen molar-refractivity contribution in [3.8, 4) is 5.69 Å². The smallest absolute Gasteiger partial charge is 0.336 e. The fourth-order valence-electron chi connectivity index (χ4n) is 4.50. The topological polar surface area (TPSA) is 124 Å². The van der Waals surface area contributed by atoms with Crippen molar-refractivity contribution < 1.29 is 12.8 Å². The fraction of sp³-hybridized carbons (Fsp3) is 0.240. The van der Waals surface area contributed by atoms with Gasteiger partial charge in [0.25, 0.3) is 11.1 Å². The quantitative estimate of drug-likeness (QED) is 0.240. The van der Waals surface area contributed by atoms with E-state index < -0.39 is 32.6 Å². The summed E-state index contributed by atoms with van der Waals surface area (Å²) in [6, 6.07) is 10.3. The molecule has 0 bridgehead atoms. The molecule has 2 heterocycles. The monoisotopic (exact) mass is 674 g/mol. The molecule has 0 unspecified atom stereocenters. The molecule has 39 heavy (non-hydrogen) atoms. The number of nitrogens with zero attached hydrogens (tertiary/aromatic N) is 3. The Morgan fingerprint density at radius 1 is 1.05 bits per heavy atom. The van der Waals surface area contributed by atoms with Gasteiger partial charge in [0.1, 0.15) is 17.0 Å². The van der Waals surface area contributed by atoms with Crippen LogP contribution in [0.25, 0.3) is 16.6 Å². The number of aromatic nitrogens is 3. The van der Waals surface area contributed by atoms with Gasteiger partial charge in [0.15, 0.2) is 0 Å². The Bertz CT molecular complexity index is 1930. The summed E-state index contributed by atoms with van der Waals surface area (Å²) in [5.74, 6) is -0.539. The summed E-state index contributed by atoms with van der Waals surface area (Å²) >= 11 is 1.98. The van der Waals surface area contributed by atoms with Gasteiger partial charge in [-0.05, 0) is 78.8 Å². The van der Waals surface area contributed by atoms with Gasteiger partial charge in [-0.15, -0.1) is 0 Å². The normalized spacial score (nSPS) is 13.3. The Hall–Kier alpha value is -2.46. The van der Waals surface area contributed by atoms with E-state index in [2.05, 4.69) is 10.0 Å². The first kappa shape index (κ1) is 29.5. The van der Waals surface area contributed by atoms with E-state index >= 15 is 0 Å². The average Bonchev–Trinajstić information content (AvgIpc) is 3.66. The van der Waals surface area contributed by atoms with Crippen LogP contribution in [0.4, 0.5) is 21.6 Å². The summed E-state index contributed by atoms with van der Waals surface area (Å²) in [4.78, 5) is 41.0. The molecule has 1 saturated carbocycles. The molecule has 2 N–H and O–H groups in total. The van der Waals surface area contributed by atoms with Gasteiger partial charge in [0.2, 0.25) is 10.0 Å². The van der Waals surface area contributed by atoms with E-state index in [0.717, 1.165) is 10.8 Å². The number of benzene rings is 2. The molecule has 2 aromatic heterocycles. The molecule has 1 radical (unpaired) electrons. The van der Waals surface area contributed by atoms with Crippen LogP contribution >= 0.6 is 22.6 Å². The zero-order valence-corrected chi connectivity index (χ0v) is 26.6. The molecule has 0 spiro atoms. The number of pyridine rings is 1. The van der Waals surface area contributed by atoms with Crippen LogP contribution in [0.15, 0.2) is 56.8 Å². The van der Waals surface area contributed by atoms with Crippen LogP contribution in [0, 0.1) is 16.3 Å². The Labute approximate surface area is 258 Å². The van der Waals surface area contributed by atoms with Gasteiger partial charge in [-0.1, -0.05) is 6.07 Å². The molecule has 0 aliphatic heterocycles. The van der Waals surface area contributed by atoms with E-state index in [1.807, 2.05) is 22.6 Å². The molecule has 14 heteroatoms. The van der Waals surface area contributed by atoms with Crippen molar-refractivity contribution in [1.29, 1.82) is 0 Å². The van der Waals surface area contributed by atoms with E-state index in [9.17, 15) is 27.2 Å². The van der Waals surface area contributed by atoms with Crippen molar-refractivity contribution in [2.45, 2.75) is 25.8 Å². The van der Waals surface area contributed by atoms with Crippen molar-refractivity contribution in [3.05, 3.63) is 88.6 Å². The van der Waals surface area contributed by atoms with Crippen molar-refractivity contribution in [1.82, 2.24) is 13.7 Å². The number of nitrogens with one attached hydrogen (secondary N) is 2. The number of hydrogen-bond donors (Lipinski definition) is 2. The molecule has 5 rings (SSSR count). The maximum atomic E-state index is 14.8. The first-order chi connectivity index (χ1) is 17.9. The number of fused-ring (bicyclic) bond motifs is 1. The van der Waals surface area contributed by atoms with Crippen LogP contribution in [0.3, 0.4) is 0 Å². The van der Waals surface area contributed by atoms with E-state index in [1.54, 1.807) is 18.2 Å². The molecule has 0 amide bonds. The third-order valence-corrected chi connectivity index (χ3v) is 7.62. The Morgan fingerprint density at radius 3 is 2.36 bits per heavy atom. The van der Waals surface area contributed by atoms with E-state index in [-0.39, 0.29) is 74.9 Å². The summed E-state index contributed by atoms with van der Waals surface area (Å²) in [5.41, 5.74) is -1.03. The third-order valence-electron chi connectivity index (χ3n) is 6.35. The molecular formula is C25H23FIN5NaO5S. The minimum atomic E-state index is -3.61. The predicted octanol–water partition coefficient (Wildman–Crippen LogP) is 2.97.